The molecule has 0 radical (unpaired) electrons. The minimum atomic E-state index is -2.49. The fourth-order valence-electron chi connectivity index (χ4n) is 4.12. The number of cyclic esters (lactones) is 1. The molecule has 0 saturated carbocycles. The summed E-state index contributed by atoms with van der Waals surface area (Å²) in [5, 5.41) is 2.55. The first kappa shape index (κ1) is 19.8. The third-order valence-corrected chi connectivity index (χ3v) is 10.8. The maximum absolute atomic E-state index is 11.7. The van der Waals surface area contributed by atoms with E-state index in [0.29, 0.717) is 13.2 Å². The van der Waals surface area contributed by atoms with E-state index in [2.05, 4.69) is 81.4 Å². The van der Waals surface area contributed by atoms with E-state index in [1.54, 1.807) is 0 Å². The summed E-state index contributed by atoms with van der Waals surface area (Å²) in [6.07, 6.45) is 0.845. The molecule has 0 bridgehead atoms. The first-order chi connectivity index (χ1) is 12.9. The molecule has 1 fully saturated rings. The Morgan fingerprint density at radius 3 is 1.93 bits per heavy atom. The Morgan fingerprint density at radius 1 is 1.00 bits per heavy atom. The van der Waals surface area contributed by atoms with Gasteiger partial charge in [0.1, 0.15) is 0 Å². The number of benzene rings is 2. The summed E-state index contributed by atoms with van der Waals surface area (Å²) in [6, 6.07) is 21.3. The van der Waals surface area contributed by atoms with Crippen LogP contribution in [0.25, 0.3) is 0 Å². The summed E-state index contributed by atoms with van der Waals surface area (Å²) in [4.78, 5) is 11.7. The zero-order valence-electron chi connectivity index (χ0n) is 16.8. The number of carbonyl (C=O) groups is 1. The van der Waals surface area contributed by atoms with E-state index in [0.717, 1.165) is 6.42 Å². The fourth-order valence-corrected chi connectivity index (χ4v) is 8.70. The standard InChI is InChI=1S/C23H30O3Si/c1-18-19(17-25-22(18)24)15-16-26-27(23(2,3)4,20-11-7-5-8-12-20)21-13-9-6-10-14-21/h5-14,18-19H,15-17H2,1-4H3/t18-,19+/m0/s1. The van der Waals surface area contributed by atoms with Crippen LogP contribution in [0.1, 0.15) is 34.1 Å². The zero-order valence-corrected chi connectivity index (χ0v) is 17.8. The van der Waals surface area contributed by atoms with Crippen LogP contribution in [-0.4, -0.2) is 27.5 Å². The quantitative estimate of drug-likeness (QED) is 0.564. The fraction of sp³-hybridized carbons (Fsp3) is 0.435. The molecule has 0 aromatic heterocycles. The largest absolute Gasteiger partial charge is 0.465 e. The maximum Gasteiger partial charge on any atom is 0.309 e. The number of hydrogen-bond donors (Lipinski definition) is 0. The molecular formula is C23H30O3Si. The Kier molecular flexibility index (Phi) is 5.87. The minimum Gasteiger partial charge on any atom is -0.465 e. The van der Waals surface area contributed by atoms with Crippen LogP contribution >= 0.6 is 0 Å². The number of rotatable bonds is 6. The smallest absolute Gasteiger partial charge is 0.309 e. The Labute approximate surface area is 163 Å². The van der Waals surface area contributed by atoms with Gasteiger partial charge in [0.15, 0.2) is 0 Å². The lowest BCUT2D eigenvalue weighted by molar-refractivity contribution is -0.140. The van der Waals surface area contributed by atoms with Gasteiger partial charge in [-0.15, -0.1) is 0 Å². The molecule has 1 aliphatic heterocycles. The zero-order chi connectivity index (χ0) is 19.5. The van der Waals surface area contributed by atoms with Crippen LogP contribution in [0, 0.1) is 11.8 Å². The van der Waals surface area contributed by atoms with Crippen molar-refractivity contribution in [3.05, 3.63) is 60.7 Å². The van der Waals surface area contributed by atoms with Gasteiger partial charge in [0.25, 0.3) is 8.32 Å². The normalized spacial score (nSPS) is 20.5. The van der Waals surface area contributed by atoms with Gasteiger partial charge in [-0.25, -0.2) is 0 Å². The first-order valence-electron chi connectivity index (χ1n) is 9.78. The molecule has 144 valence electrons. The van der Waals surface area contributed by atoms with Crippen molar-refractivity contribution in [2.75, 3.05) is 13.2 Å². The lowest BCUT2D eigenvalue weighted by Crippen LogP contribution is -2.66. The molecule has 2 atom stereocenters. The summed E-state index contributed by atoms with van der Waals surface area (Å²) in [7, 11) is -2.49. The number of esters is 1. The predicted molar refractivity (Wildman–Crippen MR) is 112 cm³/mol. The van der Waals surface area contributed by atoms with Crippen molar-refractivity contribution in [3.63, 3.8) is 0 Å². The van der Waals surface area contributed by atoms with Crippen LogP contribution < -0.4 is 10.4 Å². The van der Waals surface area contributed by atoms with Crippen molar-refractivity contribution in [3.8, 4) is 0 Å². The van der Waals surface area contributed by atoms with Gasteiger partial charge in [-0.1, -0.05) is 88.4 Å². The number of hydrogen-bond acceptors (Lipinski definition) is 3. The van der Waals surface area contributed by atoms with Gasteiger partial charge in [-0.05, 0) is 21.8 Å². The number of ether oxygens (including phenoxy) is 1. The van der Waals surface area contributed by atoms with Gasteiger partial charge in [-0.2, -0.15) is 0 Å². The van der Waals surface area contributed by atoms with Crippen LogP contribution in [-0.2, 0) is 14.0 Å². The molecule has 1 aliphatic rings. The summed E-state index contributed by atoms with van der Waals surface area (Å²) < 4.78 is 12.1. The lowest BCUT2D eigenvalue weighted by atomic mass is 9.95. The van der Waals surface area contributed by atoms with E-state index in [1.165, 1.54) is 10.4 Å². The molecule has 0 amide bonds. The summed E-state index contributed by atoms with van der Waals surface area (Å²) in [5.74, 6) is 0.133. The monoisotopic (exact) mass is 382 g/mol. The first-order valence-corrected chi connectivity index (χ1v) is 11.7. The van der Waals surface area contributed by atoms with Crippen LogP contribution in [0.3, 0.4) is 0 Å². The van der Waals surface area contributed by atoms with Crippen molar-refractivity contribution in [2.45, 2.75) is 39.2 Å². The van der Waals surface area contributed by atoms with Crippen molar-refractivity contribution in [1.82, 2.24) is 0 Å². The second-order valence-corrected chi connectivity index (χ2v) is 12.8. The van der Waals surface area contributed by atoms with E-state index in [4.69, 9.17) is 9.16 Å². The third-order valence-electron chi connectivity index (χ3n) is 5.74. The van der Waals surface area contributed by atoms with Crippen molar-refractivity contribution >= 4 is 24.7 Å². The topological polar surface area (TPSA) is 35.5 Å². The van der Waals surface area contributed by atoms with Gasteiger partial charge in [0.2, 0.25) is 0 Å². The molecule has 1 saturated heterocycles. The van der Waals surface area contributed by atoms with E-state index in [-0.39, 0.29) is 22.8 Å². The molecule has 0 spiro atoms. The van der Waals surface area contributed by atoms with Gasteiger partial charge >= 0.3 is 5.97 Å². The summed E-state index contributed by atoms with van der Waals surface area (Å²) in [5.41, 5.74) is 0. The molecule has 0 N–H and O–H groups in total. The van der Waals surface area contributed by atoms with Gasteiger partial charge in [-0.3, -0.25) is 4.79 Å². The highest BCUT2D eigenvalue weighted by atomic mass is 28.4. The molecule has 4 heteroatoms. The van der Waals surface area contributed by atoms with E-state index < -0.39 is 8.32 Å². The molecule has 0 aliphatic carbocycles. The molecule has 3 nitrogen and oxygen atoms in total. The Bertz CT molecular complexity index is 713. The molecular weight excluding hydrogens is 352 g/mol. The van der Waals surface area contributed by atoms with E-state index in [9.17, 15) is 4.79 Å². The number of carbonyl (C=O) groups excluding carboxylic acids is 1. The van der Waals surface area contributed by atoms with Crippen molar-refractivity contribution in [2.24, 2.45) is 11.8 Å². The van der Waals surface area contributed by atoms with Crippen LogP contribution in [0.5, 0.6) is 0 Å². The Morgan fingerprint density at radius 2 is 1.52 bits per heavy atom. The maximum atomic E-state index is 11.7. The average Bonchev–Trinajstić information content (AvgIpc) is 2.98. The Balaban J connectivity index is 1.93. The second-order valence-electron chi connectivity index (χ2n) is 8.48. The molecule has 1 heterocycles. The summed E-state index contributed by atoms with van der Waals surface area (Å²) >= 11 is 0. The minimum absolute atomic E-state index is 0.0245. The third kappa shape index (κ3) is 3.87. The molecule has 2 aromatic rings. The van der Waals surface area contributed by atoms with Crippen molar-refractivity contribution < 1.29 is 14.0 Å². The van der Waals surface area contributed by atoms with Crippen LogP contribution in [0.15, 0.2) is 60.7 Å². The van der Waals surface area contributed by atoms with Crippen LogP contribution in [0.2, 0.25) is 5.04 Å². The highest BCUT2D eigenvalue weighted by Gasteiger charge is 2.50. The average molecular weight is 383 g/mol. The molecule has 2 aromatic carbocycles. The second kappa shape index (κ2) is 7.99. The highest BCUT2D eigenvalue weighted by Crippen LogP contribution is 2.37. The molecule has 3 rings (SSSR count). The van der Waals surface area contributed by atoms with Gasteiger partial charge in [0, 0.05) is 12.5 Å². The SMILES string of the molecule is C[C@@H]1C(=O)OC[C@H]1CCO[Si](c1ccccc1)(c1ccccc1)C(C)(C)C. The molecule has 27 heavy (non-hydrogen) atoms. The highest BCUT2D eigenvalue weighted by molar-refractivity contribution is 6.99. The van der Waals surface area contributed by atoms with E-state index in [1.807, 2.05) is 6.92 Å². The Hall–Kier alpha value is -1.91. The van der Waals surface area contributed by atoms with Crippen molar-refractivity contribution in [1.29, 1.82) is 0 Å². The summed E-state index contributed by atoms with van der Waals surface area (Å²) in [6.45, 7) is 9.96. The van der Waals surface area contributed by atoms with Gasteiger partial charge < -0.3 is 9.16 Å². The predicted octanol–water partition coefficient (Wildman–Crippen LogP) is 3.76. The molecule has 0 unspecified atom stereocenters. The van der Waals surface area contributed by atoms with Gasteiger partial charge in [0.05, 0.1) is 12.5 Å². The van der Waals surface area contributed by atoms with E-state index >= 15 is 0 Å². The lowest BCUT2D eigenvalue weighted by Gasteiger charge is -2.43. The van der Waals surface area contributed by atoms with Crippen LogP contribution in [0.4, 0.5) is 0 Å².